The highest BCUT2D eigenvalue weighted by molar-refractivity contribution is 5.81. The molecule has 1 amide bonds. The SMILES string of the molecule is C#CCC(N)C(=O)NCCNc1nc2ccccc2o1. The predicted molar refractivity (Wildman–Crippen MR) is 76.9 cm³/mol. The van der Waals surface area contributed by atoms with Gasteiger partial charge in [-0.2, -0.15) is 4.98 Å². The number of benzene rings is 1. The van der Waals surface area contributed by atoms with Gasteiger partial charge < -0.3 is 20.8 Å². The molecule has 20 heavy (non-hydrogen) atoms. The number of oxazole rings is 1. The molecule has 0 aliphatic rings. The van der Waals surface area contributed by atoms with Gasteiger partial charge in [-0.1, -0.05) is 12.1 Å². The lowest BCUT2D eigenvalue weighted by atomic mass is 10.2. The van der Waals surface area contributed by atoms with Gasteiger partial charge in [0.25, 0.3) is 6.01 Å². The molecule has 6 heteroatoms. The van der Waals surface area contributed by atoms with Crippen LogP contribution in [0, 0.1) is 12.3 Å². The number of aromatic nitrogens is 1. The van der Waals surface area contributed by atoms with E-state index in [0.29, 0.717) is 19.1 Å². The molecule has 0 aliphatic heterocycles. The summed E-state index contributed by atoms with van der Waals surface area (Å²) in [6, 6.07) is 7.24. The Kier molecular flexibility index (Phi) is 4.58. The zero-order valence-corrected chi connectivity index (χ0v) is 10.9. The van der Waals surface area contributed by atoms with Crippen molar-refractivity contribution in [3.05, 3.63) is 24.3 Å². The second-order valence-electron chi connectivity index (χ2n) is 4.22. The Balaban J connectivity index is 1.76. The summed E-state index contributed by atoms with van der Waals surface area (Å²) in [5.74, 6) is 2.09. The number of nitrogens with two attached hydrogens (primary N) is 1. The van der Waals surface area contributed by atoms with Crippen LogP contribution in [0.3, 0.4) is 0 Å². The van der Waals surface area contributed by atoms with Crippen molar-refractivity contribution in [2.45, 2.75) is 12.5 Å². The van der Waals surface area contributed by atoms with Crippen LogP contribution in [0.2, 0.25) is 0 Å². The van der Waals surface area contributed by atoms with Crippen molar-refractivity contribution < 1.29 is 9.21 Å². The lowest BCUT2D eigenvalue weighted by Crippen LogP contribution is -2.41. The second kappa shape index (κ2) is 6.59. The first-order chi connectivity index (χ1) is 9.70. The number of anilines is 1. The zero-order chi connectivity index (χ0) is 14.4. The quantitative estimate of drug-likeness (QED) is 0.532. The van der Waals surface area contributed by atoms with E-state index in [1.54, 1.807) is 0 Å². The number of rotatable bonds is 6. The van der Waals surface area contributed by atoms with Crippen molar-refractivity contribution in [2.24, 2.45) is 5.73 Å². The molecule has 1 unspecified atom stereocenters. The van der Waals surface area contributed by atoms with E-state index < -0.39 is 6.04 Å². The monoisotopic (exact) mass is 272 g/mol. The highest BCUT2D eigenvalue weighted by Crippen LogP contribution is 2.17. The standard InChI is InChI=1S/C14H16N4O2/c1-2-5-10(15)13(19)16-8-9-17-14-18-11-6-3-4-7-12(11)20-14/h1,3-4,6-7,10H,5,8-9,15H2,(H,16,19)(H,17,18). The molecule has 0 saturated carbocycles. The number of nitrogens with one attached hydrogen (secondary N) is 2. The average Bonchev–Trinajstić information content (AvgIpc) is 2.86. The summed E-state index contributed by atoms with van der Waals surface area (Å²) in [6.07, 6.45) is 5.32. The van der Waals surface area contributed by atoms with Gasteiger partial charge in [0, 0.05) is 19.5 Å². The maximum absolute atomic E-state index is 11.5. The average molecular weight is 272 g/mol. The van der Waals surface area contributed by atoms with Crippen LogP contribution in [0.15, 0.2) is 28.7 Å². The molecule has 2 rings (SSSR count). The molecule has 0 aliphatic carbocycles. The number of hydrogen-bond acceptors (Lipinski definition) is 5. The molecule has 2 aromatic rings. The van der Waals surface area contributed by atoms with Crippen molar-refractivity contribution in [3.63, 3.8) is 0 Å². The molecule has 1 heterocycles. The molecular formula is C14H16N4O2. The molecule has 1 aromatic heterocycles. The van der Waals surface area contributed by atoms with Gasteiger partial charge in [-0.05, 0) is 12.1 Å². The largest absolute Gasteiger partial charge is 0.424 e. The summed E-state index contributed by atoms with van der Waals surface area (Å²) in [5, 5.41) is 5.67. The van der Waals surface area contributed by atoms with Crippen LogP contribution >= 0.6 is 0 Å². The molecule has 104 valence electrons. The van der Waals surface area contributed by atoms with Gasteiger partial charge in [-0.15, -0.1) is 12.3 Å². The smallest absolute Gasteiger partial charge is 0.295 e. The van der Waals surface area contributed by atoms with E-state index in [1.165, 1.54) is 0 Å². The van der Waals surface area contributed by atoms with Crippen LogP contribution in [0.25, 0.3) is 11.1 Å². The summed E-state index contributed by atoms with van der Waals surface area (Å²) in [7, 11) is 0. The molecule has 6 nitrogen and oxygen atoms in total. The third-order valence-corrected chi connectivity index (χ3v) is 2.67. The Bertz CT molecular complexity index is 596. The fraction of sp³-hybridized carbons (Fsp3) is 0.286. The van der Waals surface area contributed by atoms with Crippen LogP contribution in [-0.4, -0.2) is 30.0 Å². The number of nitrogens with zero attached hydrogens (tertiary/aromatic N) is 1. The zero-order valence-electron chi connectivity index (χ0n) is 10.9. The maximum Gasteiger partial charge on any atom is 0.295 e. The molecule has 0 spiro atoms. The van der Waals surface area contributed by atoms with Crippen LogP contribution in [-0.2, 0) is 4.79 Å². The van der Waals surface area contributed by atoms with E-state index in [-0.39, 0.29) is 12.3 Å². The topological polar surface area (TPSA) is 93.2 Å². The number of amides is 1. The molecule has 0 bridgehead atoms. The molecule has 0 radical (unpaired) electrons. The van der Waals surface area contributed by atoms with Gasteiger partial charge in [-0.25, -0.2) is 0 Å². The second-order valence-corrected chi connectivity index (χ2v) is 4.22. The fourth-order valence-electron chi connectivity index (χ4n) is 1.65. The third kappa shape index (κ3) is 3.49. The Morgan fingerprint density at radius 1 is 1.45 bits per heavy atom. The molecule has 4 N–H and O–H groups in total. The normalized spacial score (nSPS) is 11.8. The highest BCUT2D eigenvalue weighted by atomic mass is 16.4. The Hall–Kier alpha value is -2.52. The first-order valence-electron chi connectivity index (χ1n) is 6.27. The van der Waals surface area contributed by atoms with E-state index in [4.69, 9.17) is 16.6 Å². The van der Waals surface area contributed by atoms with E-state index >= 15 is 0 Å². The summed E-state index contributed by atoms with van der Waals surface area (Å²) in [6.45, 7) is 0.900. The van der Waals surface area contributed by atoms with Gasteiger partial charge in [-0.3, -0.25) is 4.79 Å². The van der Waals surface area contributed by atoms with Gasteiger partial charge in [0.2, 0.25) is 5.91 Å². The molecule has 0 saturated heterocycles. The van der Waals surface area contributed by atoms with Gasteiger partial charge >= 0.3 is 0 Å². The van der Waals surface area contributed by atoms with Crippen LogP contribution in [0.1, 0.15) is 6.42 Å². The van der Waals surface area contributed by atoms with E-state index in [9.17, 15) is 4.79 Å². The van der Waals surface area contributed by atoms with Crippen LogP contribution in [0.5, 0.6) is 0 Å². The first kappa shape index (κ1) is 13.9. The Morgan fingerprint density at radius 2 is 2.25 bits per heavy atom. The minimum Gasteiger partial charge on any atom is -0.424 e. The van der Waals surface area contributed by atoms with Crippen molar-refractivity contribution in [3.8, 4) is 12.3 Å². The number of hydrogen-bond donors (Lipinski definition) is 3. The fourth-order valence-corrected chi connectivity index (χ4v) is 1.65. The summed E-state index contributed by atoms with van der Waals surface area (Å²) in [4.78, 5) is 15.7. The van der Waals surface area contributed by atoms with Crippen LogP contribution in [0.4, 0.5) is 6.01 Å². The highest BCUT2D eigenvalue weighted by Gasteiger charge is 2.10. The minimum atomic E-state index is -0.663. The van der Waals surface area contributed by atoms with Crippen molar-refractivity contribution in [1.82, 2.24) is 10.3 Å². The van der Waals surface area contributed by atoms with Crippen LogP contribution < -0.4 is 16.4 Å². The number of carbonyl (C=O) groups is 1. The van der Waals surface area contributed by atoms with Crippen molar-refractivity contribution in [1.29, 1.82) is 0 Å². The van der Waals surface area contributed by atoms with Gasteiger partial charge in [0.05, 0.1) is 6.04 Å². The number of terminal acetylenes is 1. The molecular weight excluding hydrogens is 256 g/mol. The number of fused-ring (bicyclic) bond motifs is 1. The minimum absolute atomic E-state index is 0.227. The molecule has 1 atom stereocenters. The first-order valence-corrected chi connectivity index (χ1v) is 6.27. The van der Waals surface area contributed by atoms with Gasteiger partial charge in [0.15, 0.2) is 5.58 Å². The lowest BCUT2D eigenvalue weighted by Gasteiger charge is -2.09. The predicted octanol–water partition coefficient (Wildman–Crippen LogP) is 0.707. The summed E-state index contributed by atoms with van der Waals surface area (Å²) in [5.41, 5.74) is 7.07. The Labute approximate surface area is 116 Å². The number of para-hydroxylation sites is 2. The summed E-state index contributed by atoms with van der Waals surface area (Å²) < 4.78 is 5.47. The van der Waals surface area contributed by atoms with E-state index in [2.05, 4.69) is 21.5 Å². The van der Waals surface area contributed by atoms with E-state index in [1.807, 2.05) is 24.3 Å². The number of carbonyl (C=O) groups excluding carboxylic acids is 1. The van der Waals surface area contributed by atoms with E-state index in [0.717, 1.165) is 11.1 Å². The summed E-state index contributed by atoms with van der Waals surface area (Å²) >= 11 is 0. The lowest BCUT2D eigenvalue weighted by molar-refractivity contribution is -0.122. The molecule has 1 aromatic carbocycles. The maximum atomic E-state index is 11.5. The third-order valence-electron chi connectivity index (χ3n) is 2.67. The van der Waals surface area contributed by atoms with Crippen molar-refractivity contribution in [2.75, 3.05) is 18.4 Å². The van der Waals surface area contributed by atoms with Crippen molar-refractivity contribution >= 4 is 23.0 Å². The van der Waals surface area contributed by atoms with Gasteiger partial charge in [0.1, 0.15) is 5.52 Å². The molecule has 0 fully saturated rings. The Morgan fingerprint density at radius 3 is 3.00 bits per heavy atom.